The van der Waals surface area contributed by atoms with Crippen molar-refractivity contribution in [3.05, 3.63) is 11.3 Å². The van der Waals surface area contributed by atoms with Gasteiger partial charge in [-0.1, -0.05) is 0 Å². The van der Waals surface area contributed by atoms with Crippen LogP contribution in [-0.2, 0) is 19.0 Å². The van der Waals surface area contributed by atoms with Gasteiger partial charge in [0.05, 0.1) is 25.3 Å². The number of carbonyl (C=O) groups excluding carboxylic acids is 2. The third-order valence-electron chi connectivity index (χ3n) is 3.11. The smallest absolute Gasteiger partial charge is 0.337 e. The zero-order valence-electron chi connectivity index (χ0n) is 11.4. The predicted molar refractivity (Wildman–Crippen MR) is 65.1 cm³/mol. The molecule has 0 bridgehead atoms. The number of hydrogen-bond donors (Lipinski definition) is 2. The number of methoxy groups -OCH3 is 1. The van der Waals surface area contributed by atoms with E-state index in [4.69, 9.17) is 14.2 Å². The highest BCUT2D eigenvalue weighted by Gasteiger charge is 2.43. The molecule has 19 heavy (non-hydrogen) atoms. The molecule has 2 aliphatic heterocycles. The summed E-state index contributed by atoms with van der Waals surface area (Å²) in [6.07, 6.45) is -0.426. The van der Waals surface area contributed by atoms with Crippen molar-refractivity contribution in [1.29, 1.82) is 0 Å². The molecule has 2 aliphatic rings. The fourth-order valence-electron chi connectivity index (χ4n) is 2.27. The Kier molecular flexibility index (Phi) is 3.51. The summed E-state index contributed by atoms with van der Waals surface area (Å²) in [6, 6.07) is -0.952. The average Bonchev–Trinajstić information content (AvgIpc) is 2.67. The van der Waals surface area contributed by atoms with Crippen LogP contribution in [0.2, 0.25) is 0 Å². The Morgan fingerprint density at radius 1 is 1.47 bits per heavy atom. The van der Waals surface area contributed by atoms with E-state index in [-0.39, 0.29) is 6.03 Å². The van der Waals surface area contributed by atoms with E-state index in [1.807, 2.05) is 0 Å². The number of carbonyl (C=O) groups is 2. The molecule has 0 aromatic rings. The molecule has 0 radical (unpaired) electrons. The van der Waals surface area contributed by atoms with Gasteiger partial charge in [-0.2, -0.15) is 0 Å². The lowest BCUT2D eigenvalue weighted by atomic mass is 9.98. The van der Waals surface area contributed by atoms with Crippen molar-refractivity contribution in [2.75, 3.05) is 13.7 Å². The molecule has 106 valence electrons. The molecular formula is C12H18N2O5. The summed E-state index contributed by atoms with van der Waals surface area (Å²) in [6.45, 7) is 5.51. The minimum atomic E-state index is -0.727. The maximum absolute atomic E-state index is 11.8. The number of rotatable bonds is 2. The number of urea groups is 1. The molecule has 2 amide bonds. The highest BCUT2D eigenvalue weighted by atomic mass is 16.7. The highest BCUT2D eigenvalue weighted by molar-refractivity contribution is 5.94. The molecule has 1 fully saturated rings. The molecule has 2 atom stereocenters. The van der Waals surface area contributed by atoms with E-state index in [9.17, 15) is 9.59 Å². The van der Waals surface area contributed by atoms with Crippen molar-refractivity contribution in [2.24, 2.45) is 0 Å². The molecule has 2 N–H and O–H groups in total. The quantitative estimate of drug-likeness (QED) is 0.703. The van der Waals surface area contributed by atoms with Crippen molar-refractivity contribution in [2.45, 2.75) is 38.7 Å². The van der Waals surface area contributed by atoms with Gasteiger partial charge in [0.2, 0.25) is 0 Å². The summed E-state index contributed by atoms with van der Waals surface area (Å²) >= 11 is 0. The van der Waals surface area contributed by atoms with E-state index >= 15 is 0 Å². The molecule has 2 heterocycles. The molecular weight excluding hydrogens is 252 g/mol. The van der Waals surface area contributed by atoms with E-state index in [1.54, 1.807) is 20.8 Å². The minimum Gasteiger partial charge on any atom is -0.466 e. The van der Waals surface area contributed by atoms with Crippen molar-refractivity contribution in [3.63, 3.8) is 0 Å². The van der Waals surface area contributed by atoms with Gasteiger partial charge in [0.1, 0.15) is 6.10 Å². The van der Waals surface area contributed by atoms with Gasteiger partial charge in [-0.3, -0.25) is 0 Å². The van der Waals surface area contributed by atoms with Gasteiger partial charge >= 0.3 is 12.0 Å². The van der Waals surface area contributed by atoms with Crippen LogP contribution in [0.25, 0.3) is 0 Å². The number of nitrogens with one attached hydrogen (secondary N) is 2. The molecule has 0 aromatic carbocycles. The molecule has 1 unspecified atom stereocenters. The monoisotopic (exact) mass is 270 g/mol. The van der Waals surface area contributed by atoms with Crippen molar-refractivity contribution >= 4 is 12.0 Å². The summed E-state index contributed by atoms with van der Waals surface area (Å²) in [5.41, 5.74) is 0.822. The van der Waals surface area contributed by atoms with Crippen LogP contribution in [0.15, 0.2) is 11.3 Å². The van der Waals surface area contributed by atoms with Gasteiger partial charge < -0.3 is 24.8 Å². The van der Waals surface area contributed by atoms with Gasteiger partial charge in [0.25, 0.3) is 0 Å². The number of amides is 2. The van der Waals surface area contributed by atoms with Gasteiger partial charge in [-0.25, -0.2) is 9.59 Å². The topological polar surface area (TPSA) is 85.9 Å². The number of ether oxygens (including phenoxy) is 3. The third kappa shape index (κ3) is 2.71. The fraction of sp³-hybridized carbons (Fsp3) is 0.667. The molecule has 0 saturated carbocycles. The van der Waals surface area contributed by atoms with E-state index in [2.05, 4.69) is 10.6 Å². The first kappa shape index (κ1) is 13.8. The summed E-state index contributed by atoms with van der Waals surface area (Å²) < 4.78 is 15.9. The summed E-state index contributed by atoms with van der Waals surface area (Å²) in [5, 5.41) is 5.23. The van der Waals surface area contributed by atoms with E-state index in [0.717, 1.165) is 0 Å². The van der Waals surface area contributed by atoms with E-state index < -0.39 is 23.9 Å². The molecule has 0 spiro atoms. The third-order valence-corrected chi connectivity index (χ3v) is 3.11. The Labute approximate surface area is 111 Å². The molecule has 7 heteroatoms. The lowest BCUT2D eigenvalue weighted by Crippen LogP contribution is -2.55. The Morgan fingerprint density at radius 3 is 2.68 bits per heavy atom. The first-order chi connectivity index (χ1) is 8.84. The van der Waals surface area contributed by atoms with Gasteiger partial charge in [-0.05, 0) is 20.8 Å². The minimum absolute atomic E-state index is 0.297. The Morgan fingerprint density at radius 2 is 2.16 bits per heavy atom. The SMILES string of the molecule is COC(=O)C1=C(C)NC(=O)NC1[C@H]1COC(C)(C)O1. The second-order valence-corrected chi connectivity index (χ2v) is 4.97. The Bertz CT molecular complexity index is 443. The lowest BCUT2D eigenvalue weighted by Gasteiger charge is -2.31. The second-order valence-electron chi connectivity index (χ2n) is 4.97. The summed E-state index contributed by atoms with van der Waals surface area (Å²) in [4.78, 5) is 23.4. The molecule has 0 aliphatic carbocycles. The lowest BCUT2D eigenvalue weighted by molar-refractivity contribution is -0.144. The summed E-state index contributed by atoms with van der Waals surface area (Å²) in [7, 11) is 1.30. The number of allylic oxidation sites excluding steroid dienone is 1. The molecule has 7 nitrogen and oxygen atoms in total. The number of hydrogen-bond acceptors (Lipinski definition) is 5. The van der Waals surface area contributed by atoms with Gasteiger partial charge in [-0.15, -0.1) is 0 Å². The van der Waals surface area contributed by atoms with Crippen molar-refractivity contribution < 1.29 is 23.8 Å². The maximum atomic E-state index is 11.8. The second kappa shape index (κ2) is 4.82. The Hall–Kier alpha value is -1.60. The highest BCUT2D eigenvalue weighted by Crippen LogP contribution is 2.28. The predicted octanol–water partition coefficient (Wildman–Crippen LogP) is 0.266. The average molecular weight is 270 g/mol. The Balaban J connectivity index is 2.28. The van der Waals surface area contributed by atoms with Crippen molar-refractivity contribution in [3.8, 4) is 0 Å². The van der Waals surface area contributed by atoms with E-state index in [1.165, 1.54) is 7.11 Å². The zero-order chi connectivity index (χ0) is 14.2. The zero-order valence-corrected chi connectivity index (χ0v) is 11.4. The van der Waals surface area contributed by atoms with Crippen LogP contribution in [0.1, 0.15) is 20.8 Å². The van der Waals surface area contributed by atoms with Crippen LogP contribution in [0.5, 0.6) is 0 Å². The standard InChI is InChI=1S/C12H18N2O5/c1-6-8(10(15)17-4)9(14-11(16)13-6)7-5-18-12(2,3)19-7/h7,9H,5H2,1-4H3,(H2,13,14,16)/t7-,9?/m1/s1. The van der Waals surface area contributed by atoms with Crippen LogP contribution in [0, 0.1) is 0 Å². The largest absolute Gasteiger partial charge is 0.466 e. The van der Waals surface area contributed by atoms with Crippen LogP contribution in [-0.4, -0.2) is 43.7 Å². The summed E-state index contributed by atoms with van der Waals surface area (Å²) in [5.74, 6) is -1.22. The maximum Gasteiger partial charge on any atom is 0.337 e. The first-order valence-electron chi connectivity index (χ1n) is 6.02. The van der Waals surface area contributed by atoms with Gasteiger partial charge in [0, 0.05) is 5.70 Å². The van der Waals surface area contributed by atoms with Crippen LogP contribution >= 0.6 is 0 Å². The molecule has 2 rings (SSSR count). The normalized spacial score (nSPS) is 29.8. The molecule has 1 saturated heterocycles. The fourth-order valence-corrected chi connectivity index (χ4v) is 2.27. The van der Waals surface area contributed by atoms with Crippen LogP contribution in [0.4, 0.5) is 4.79 Å². The molecule has 0 aromatic heterocycles. The number of esters is 1. The van der Waals surface area contributed by atoms with Gasteiger partial charge in [0.15, 0.2) is 5.79 Å². The van der Waals surface area contributed by atoms with E-state index in [0.29, 0.717) is 17.9 Å². The van der Waals surface area contributed by atoms with Crippen LogP contribution in [0.3, 0.4) is 0 Å². The first-order valence-corrected chi connectivity index (χ1v) is 6.02. The van der Waals surface area contributed by atoms with Crippen molar-refractivity contribution in [1.82, 2.24) is 10.6 Å². The van der Waals surface area contributed by atoms with Crippen LogP contribution < -0.4 is 10.6 Å².